The van der Waals surface area contributed by atoms with Crippen LogP contribution in [0.25, 0.3) is 0 Å². The first kappa shape index (κ1) is 11.0. The normalized spacial score (nSPS) is 45.4. The molecule has 4 aliphatic rings. The maximum atomic E-state index is 3.63. The van der Waals surface area contributed by atoms with Gasteiger partial charge >= 0.3 is 0 Å². The molecule has 3 heteroatoms. The highest BCUT2D eigenvalue weighted by atomic mass is 15.4. The average Bonchev–Trinajstić information content (AvgIpc) is 2.39. The van der Waals surface area contributed by atoms with Crippen molar-refractivity contribution in [1.29, 1.82) is 0 Å². The molecule has 1 N–H and O–H groups in total. The molecule has 0 aromatic heterocycles. The summed E-state index contributed by atoms with van der Waals surface area (Å²) in [6, 6.07) is 11.8. The summed E-state index contributed by atoms with van der Waals surface area (Å²) in [5, 5.41) is 3.63. The molecule has 4 aliphatic heterocycles. The second-order valence-electron chi connectivity index (χ2n) is 6.21. The van der Waals surface area contributed by atoms with Crippen LogP contribution in [0.1, 0.15) is 5.56 Å². The zero-order valence-corrected chi connectivity index (χ0v) is 11.0. The Hall–Kier alpha value is -0.900. The van der Waals surface area contributed by atoms with Crippen molar-refractivity contribution >= 4 is 0 Å². The van der Waals surface area contributed by atoms with Crippen LogP contribution < -0.4 is 5.32 Å². The number of benzene rings is 1. The summed E-state index contributed by atoms with van der Waals surface area (Å²) in [4.78, 5) is 5.27. The van der Waals surface area contributed by atoms with Crippen molar-refractivity contribution in [3.63, 3.8) is 0 Å². The highest BCUT2D eigenvalue weighted by Gasteiger charge is 2.56. The minimum absolute atomic E-state index is 0.301. The van der Waals surface area contributed by atoms with Crippen molar-refractivity contribution in [1.82, 2.24) is 15.1 Å². The Labute approximate surface area is 109 Å². The van der Waals surface area contributed by atoms with Crippen LogP contribution in [0.3, 0.4) is 0 Å². The lowest BCUT2D eigenvalue weighted by Gasteiger charge is -2.63. The number of likely N-dealkylation sites (N-methyl/N-ethyl adjacent to an activating group) is 1. The molecule has 4 saturated heterocycles. The molecule has 1 aromatic carbocycles. The highest BCUT2D eigenvalue weighted by molar-refractivity contribution is 5.33. The van der Waals surface area contributed by atoms with Gasteiger partial charge in [-0.25, -0.2) is 0 Å². The minimum Gasteiger partial charge on any atom is -0.316 e. The third-order valence-corrected chi connectivity index (χ3v) is 5.12. The Morgan fingerprint density at radius 1 is 1.11 bits per heavy atom. The fraction of sp³-hybridized carbons (Fsp3) is 0.600. The SMILES string of the molecule is CNC1C2CN3CN(C2)CC1(c1ccccc1)C3. The molecule has 0 radical (unpaired) electrons. The van der Waals surface area contributed by atoms with Gasteiger partial charge in [-0.2, -0.15) is 0 Å². The maximum absolute atomic E-state index is 3.63. The molecule has 1 aromatic rings. The van der Waals surface area contributed by atoms with Gasteiger partial charge in [-0.05, 0) is 12.6 Å². The number of hydrogen-bond acceptors (Lipinski definition) is 3. The second-order valence-corrected chi connectivity index (χ2v) is 6.21. The van der Waals surface area contributed by atoms with Gasteiger partial charge in [0.05, 0.1) is 6.67 Å². The van der Waals surface area contributed by atoms with Crippen LogP contribution in [-0.4, -0.2) is 55.7 Å². The van der Waals surface area contributed by atoms with E-state index in [1.807, 2.05) is 0 Å². The van der Waals surface area contributed by atoms with E-state index in [2.05, 4.69) is 52.5 Å². The molecule has 3 unspecified atom stereocenters. The van der Waals surface area contributed by atoms with Crippen LogP contribution in [0.5, 0.6) is 0 Å². The van der Waals surface area contributed by atoms with Crippen molar-refractivity contribution < 1.29 is 0 Å². The van der Waals surface area contributed by atoms with E-state index < -0.39 is 0 Å². The molecular formula is C15H21N3. The topological polar surface area (TPSA) is 18.5 Å². The van der Waals surface area contributed by atoms with Gasteiger partial charge in [0.15, 0.2) is 0 Å². The van der Waals surface area contributed by atoms with Gasteiger partial charge in [-0.1, -0.05) is 30.3 Å². The maximum Gasteiger partial charge on any atom is 0.0507 e. The van der Waals surface area contributed by atoms with Crippen molar-refractivity contribution in [2.75, 3.05) is 39.9 Å². The summed E-state index contributed by atoms with van der Waals surface area (Å²) >= 11 is 0. The van der Waals surface area contributed by atoms with Gasteiger partial charge in [0, 0.05) is 43.6 Å². The van der Waals surface area contributed by atoms with Crippen LogP contribution in [0.2, 0.25) is 0 Å². The van der Waals surface area contributed by atoms with E-state index in [1.165, 1.54) is 38.4 Å². The minimum atomic E-state index is 0.301. The number of nitrogens with zero attached hydrogens (tertiary/aromatic N) is 2. The fourth-order valence-electron chi connectivity index (χ4n) is 4.70. The lowest BCUT2D eigenvalue weighted by atomic mass is 9.62. The standard InChI is InChI=1S/C15H21N3/c1-16-14-12-7-17-9-15(14,10-18(8-12)11-17)13-5-3-2-4-6-13/h2-6,12,14,16H,7-11H2,1H3. The molecule has 3 nitrogen and oxygen atoms in total. The third-order valence-electron chi connectivity index (χ3n) is 5.12. The molecule has 0 amide bonds. The van der Waals surface area contributed by atoms with Gasteiger partial charge < -0.3 is 5.32 Å². The van der Waals surface area contributed by atoms with E-state index in [1.54, 1.807) is 0 Å². The first-order valence-electron chi connectivity index (χ1n) is 6.99. The molecule has 0 spiro atoms. The summed E-state index contributed by atoms with van der Waals surface area (Å²) in [5.74, 6) is 0.784. The number of piperidine rings is 2. The van der Waals surface area contributed by atoms with E-state index in [9.17, 15) is 0 Å². The molecule has 5 rings (SSSR count). The van der Waals surface area contributed by atoms with Gasteiger partial charge in [-0.15, -0.1) is 0 Å². The third kappa shape index (κ3) is 1.35. The van der Waals surface area contributed by atoms with E-state index in [0.29, 0.717) is 11.5 Å². The van der Waals surface area contributed by atoms with Crippen molar-refractivity contribution in [2.45, 2.75) is 11.5 Å². The molecule has 0 saturated carbocycles. The molecule has 4 bridgehead atoms. The highest BCUT2D eigenvalue weighted by Crippen LogP contribution is 2.44. The van der Waals surface area contributed by atoms with Gasteiger partial charge in [0.25, 0.3) is 0 Å². The average molecular weight is 243 g/mol. The fourth-order valence-corrected chi connectivity index (χ4v) is 4.70. The molecule has 3 atom stereocenters. The Kier molecular flexibility index (Phi) is 2.31. The number of hydrogen-bond donors (Lipinski definition) is 1. The summed E-state index contributed by atoms with van der Waals surface area (Å²) in [5.41, 5.74) is 1.82. The Bertz CT molecular complexity index is 430. The quantitative estimate of drug-likeness (QED) is 0.826. The van der Waals surface area contributed by atoms with Gasteiger partial charge in [0.1, 0.15) is 0 Å². The van der Waals surface area contributed by atoms with Gasteiger partial charge in [0.2, 0.25) is 0 Å². The van der Waals surface area contributed by atoms with Crippen LogP contribution in [0.4, 0.5) is 0 Å². The molecule has 4 heterocycles. The van der Waals surface area contributed by atoms with E-state index in [0.717, 1.165) is 5.92 Å². The van der Waals surface area contributed by atoms with Crippen molar-refractivity contribution in [2.24, 2.45) is 5.92 Å². The lowest BCUT2D eigenvalue weighted by molar-refractivity contribution is -0.106. The largest absolute Gasteiger partial charge is 0.316 e. The molecule has 96 valence electrons. The van der Waals surface area contributed by atoms with Gasteiger partial charge in [-0.3, -0.25) is 9.80 Å². The zero-order valence-electron chi connectivity index (χ0n) is 11.0. The zero-order chi connectivity index (χ0) is 12.2. The second kappa shape index (κ2) is 3.80. The predicted molar refractivity (Wildman–Crippen MR) is 72.5 cm³/mol. The van der Waals surface area contributed by atoms with Crippen molar-refractivity contribution in [3.8, 4) is 0 Å². The van der Waals surface area contributed by atoms with E-state index >= 15 is 0 Å². The smallest absolute Gasteiger partial charge is 0.0507 e. The predicted octanol–water partition coefficient (Wildman–Crippen LogP) is 0.731. The van der Waals surface area contributed by atoms with Crippen LogP contribution in [0, 0.1) is 5.92 Å². The Morgan fingerprint density at radius 2 is 1.78 bits per heavy atom. The molecular weight excluding hydrogens is 222 g/mol. The lowest BCUT2D eigenvalue weighted by Crippen LogP contribution is -2.77. The summed E-state index contributed by atoms with van der Waals surface area (Å²) < 4.78 is 0. The van der Waals surface area contributed by atoms with Crippen LogP contribution in [0.15, 0.2) is 30.3 Å². The van der Waals surface area contributed by atoms with E-state index in [-0.39, 0.29) is 0 Å². The molecule has 0 aliphatic carbocycles. The summed E-state index contributed by atoms with van der Waals surface area (Å²) in [7, 11) is 2.14. The van der Waals surface area contributed by atoms with E-state index in [4.69, 9.17) is 0 Å². The first-order chi connectivity index (χ1) is 8.82. The molecule has 4 fully saturated rings. The first-order valence-corrected chi connectivity index (χ1v) is 6.99. The van der Waals surface area contributed by atoms with Crippen LogP contribution in [-0.2, 0) is 5.41 Å². The number of rotatable bonds is 2. The monoisotopic (exact) mass is 243 g/mol. The summed E-state index contributed by atoms with van der Waals surface area (Å²) in [6.45, 7) is 6.17. The molecule has 18 heavy (non-hydrogen) atoms. The number of nitrogens with one attached hydrogen (secondary N) is 1. The van der Waals surface area contributed by atoms with Crippen LogP contribution >= 0.6 is 0 Å². The van der Waals surface area contributed by atoms with Crippen molar-refractivity contribution in [3.05, 3.63) is 35.9 Å². The Morgan fingerprint density at radius 3 is 2.39 bits per heavy atom. The Balaban J connectivity index is 1.81. The summed E-state index contributed by atoms with van der Waals surface area (Å²) in [6.07, 6.45) is 0.